The van der Waals surface area contributed by atoms with Gasteiger partial charge < -0.3 is 15.8 Å². The molecule has 4 nitrogen and oxygen atoms in total. The van der Waals surface area contributed by atoms with E-state index in [0.717, 1.165) is 24.3 Å². The number of halogens is 6. The first kappa shape index (κ1) is 21.0. The van der Waals surface area contributed by atoms with Crippen molar-refractivity contribution in [2.24, 2.45) is 5.73 Å². The van der Waals surface area contributed by atoms with Gasteiger partial charge >= 0.3 is 25.4 Å². The zero-order valence-corrected chi connectivity index (χ0v) is 11.4. The molecule has 4 N–H and O–H groups in total. The highest BCUT2D eigenvalue weighted by Gasteiger charge is 2.64. The first-order valence-electron chi connectivity index (χ1n) is 5.80. The normalized spacial score (nSPS) is 11.5. The van der Waals surface area contributed by atoms with Crippen molar-refractivity contribution in [1.29, 1.82) is 0 Å². The van der Waals surface area contributed by atoms with E-state index >= 15 is 0 Å². The minimum absolute atomic E-state index is 0.436. The third-order valence-electron chi connectivity index (χ3n) is 2.47. The largest absolute Gasteiger partial charge is 0.488 e. The number of carbonyl (C=O) groups excluding carboxylic acids is 1. The van der Waals surface area contributed by atoms with E-state index in [4.69, 9.17) is 10.0 Å². The van der Waals surface area contributed by atoms with Crippen LogP contribution in [0.3, 0.4) is 0 Å². The predicted octanol–water partition coefficient (Wildman–Crippen LogP) is 1.02. The summed E-state index contributed by atoms with van der Waals surface area (Å²) in [5, 5.41) is 17.5. The Balaban J connectivity index is 0.000000841. The van der Waals surface area contributed by atoms with Crippen LogP contribution in [0.15, 0.2) is 36.9 Å². The van der Waals surface area contributed by atoms with Crippen LogP contribution in [0, 0.1) is 0 Å². The zero-order chi connectivity index (χ0) is 18.4. The number of rotatable bonds is 5. The van der Waals surface area contributed by atoms with E-state index in [1.165, 1.54) is 0 Å². The SMILES string of the molecule is C=CC(N)=O.OB(O)c1ccccc1C(F)(F)C(F)(F)C(F)F. The molecule has 23 heavy (non-hydrogen) atoms. The van der Waals surface area contributed by atoms with Crippen LogP contribution in [0.1, 0.15) is 5.56 Å². The average molecular weight is 343 g/mol. The molecule has 0 radical (unpaired) electrons. The lowest BCUT2D eigenvalue weighted by atomic mass is 9.75. The molecule has 0 heterocycles. The number of benzene rings is 1. The van der Waals surface area contributed by atoms with E-state index in [1.807, 2.05) is 0 Å². The van der Waals surface area contributed by atoms with E-state index in [1.54, 1.807) is 0 Å². The number of hydrogen-bond donors (Lipinski definition) is 3. The van der Waals surface area contributed by atoms with Crippen LogP contribution in [-0.2, 0) is 10.7 Å². The van der Waals surface area contributed by atoms with E-state index in [2.05, 4.69) is 12.3 Å². The van der Waals surface area contributed by atoms with E-state index in [0.29, 0.717) is 6.07 Å². The van der Waals surface area contributed by atoms with Gasteiger partial charge in [-0.25, -0.2) is 8.78 Å². The second-order valence-corrected chi connectivity index (χ2v) is 4.07. The molecule has 0 saturated carbocycles. The Morgan fingerprint density at radius 1 is 1.22 bits per heavy atom. The summed E-state index contributed by atoms with van der Waals surface area (Å²) in [5.74, 6) is -11.3. The maximum atomic E-state index is 13.4. The van der Waals surface area contributed by atoms with Gasteiger partial charge in [0.25, 0.3) is 0 Å². The average Bonchev–Trinajstić information content (AvgIpc) is 2.47. The van der Waals surface area contributed by atoms with Crippen LogP contribution in [0.25, 0.3) is 0 Å². The smallest absolute Gasteiger partial charge is 0.423 e. The van der Waals surface area contributed by atoms with Crippen molar-refractivity contribution in [3.05, 3.63) is 42.5 Å². The van der Waals surface area contributed by atoms with Gasteiger partial charge in [0.15, 0.2) is 0 Å². The number of hydrogen-bond acceptors (Lipinski definition) is 3. The maximum Gasteiger partial charge on any atom is 0.488 e. The van der Waals surface area contributed by atoms with E-state index in [9.17, 15) is 31.1 Å². The molecular formula is C12H12BF6NO3. The Hall–Kier alpha value is -2.01. The summed E-state index contributed by atoms with van der Waals surface area (Å²) >= 11 is 0. The summed E-state index contributed by atoms with van der Waals surface area (Å²) in [7, 11) is -2.47. The van der Waals surface area contributed by atoms with Crippen LogP contribution >= 0.6 is 0 Å². The zero-order valence-electron chi connectivity index (χ0n) is 11.4. The van der Waals surface area contributed by atoms with Gasteiger partial charge in [0.2, 0.25) is 5.91 Å². The number of primary amides is 1. The third-order valence-corrected chi connectivity index (χ3v) is 2.47. The molecule has 0 bridgehead atoms. The second-order valence-electron chi connectivity index (χ2n) is 4.07. The molecular weight excluding hydrogens is 331 g/mol. The Morgan fingerprint density at radius 3 is 2.00 bits per heavy atom. The van der Waals surface area contributed by atoms with Gasteiger partial charge in [-0.2, -0.15) is 17.6 Å². The summed E-state index contributed by atoms with van der Waals surface area (Å²) in [6.07, 6.45) is -3.53. The van der Waals surface area contributed by atoms with Crippen molar-refractivity contribution in [3.8, 4) is 0 Å². The topological polar surface area (TPSA) is 83.6 Å². The molecule has 0 aromatic heterocycles. The van der Waals surface area contributed by atoms with Crippen LogP contribution in [0.5, 0.6) is 0 Å². The van der Waals surface area contributed by atoms with Crippen LogP contribution in [-0.4, -0.2) is 35.4 Å². The lowest BCUT2D eigenvalue weighted by Gasteiger charge is -2.27. The van der Waals surface area contributed by atoms with Gasteiger partial charge in [-0.05, 0) is 11.5 Å². The van der Waals surface area contributed by atoms with Crippen molar-refractivity contribution >= 4 is 18.5 Å². The molecule has 1 aromatic carbocycles. The molecule has 1 aromatic rings. The summed E-state index contributed by atoms with van der Waals surface area (Å²) < 4.78 is 76.2. The summed E-state index contributed by atoms with van der Waals surface area (Å²) in [4.78, 5) is 9.47. The highest BCUT2D eigenvalue weighted by atomic mass is 19.3. The molecule has 1 rings (SSSR count). The Labute approximate surface area is 127 Å². The molecule has 0 spiro atoms. The Kier molecular flexibility index (Phi) is 7.32. The van der Waals surface area contributed by atoms with Gasteiger partial charge in [0, 0.05) is 5.56 Å². The highest BCUT2D eigenvalue weighted by Crippen LogP contribution is 2.45. The number of alkyl halides is 6. The summed E-state index contributed by atoms with van der Waals surface area (Å²) in [5.41, 5.74) is 2.03. The molecule has 0 aliphatic heterocycles. The number of amides is 1. The Morgan fingerprint density at radius 2 is 1.65 bits per heavy atom. The minimum Gasteiger partial charge on any atom is -0.423 e. The summed E-state index contributed by atoms with van der Waals surface area (Å²) in [6, 6.07) is 3.14. The van der Waals surface area contributed by atoms with Gasteiger partial charge in [-0.1, -0.05) is 30.8 Å². The van der Waals surface area contributed by atoms with Crippen molar-refractivity contribution in [2.75, 3.05) is 0 Å². The third kappa shape index (κ3) is 5.00. The monoisotopic (exact) mass is 343 g/mol. The van der Waals surface area contributed by atoms with Crippen LogP contribution < -0.4 is 11.2 Å². The molecule has 0 aliphatic carbocycles. The first-order chi connectivity index (χ1) is 10.4. The molecule has 0 atom stereocenters. The van der Waals surface area contributed by atoms with Gasteiger partial charge in [0.05, 0.1) is 0 Å². The quantitative estimate of drug-likeness (QED) is 0.424. The van der Waals surface area contributed by atoms with Crippen molar-refractivity contribution in [3.63, 3.8) is 0 Å². The number of carbonyl (C=O) groups is 1. The Bertz CT molecular complexity index is 553. The molecule has 128 valence electrons. The molecule has 0 saturated heterocycles. The second kappa shape index (κ2) is 8.02. The van der Waals surface area contributed by atoms with Crippen LogP contribution in [0.2, 0.25) is 0 Å². The van der Waals surface area contributed by atoms with Crippen LogP contribution in [0.4, 0.5) is 26.3 Å². The molecule has 1 amide bonds. The maximum absolute atomic E-state index is 13.4. The van der Waals surface area contributed by atoms with Crippen molar-refractivity contribution in [1.82, 2.24) is 0 Å². The fourth-order valence-corrected chi connectivity index (χ4v) is 1.32. The molecule has 0 fully saturated rings. The minimum atomic E-state index is -5.61. The molecule has 11 heteroatoms. The van der Waals surface area contributed by atoms with Gasteiger partial charge in [-0.3, -0.25) is 4.79 Å². The highest BCUT2D eigenvalue weighted by molar-refractivity contribution is 6.59. The van der Waals surface area contributed by atoms with Gasteiger partial charge in [-0.15, -0.1) is 0 Å². The van der Waals surface area contributed by atoms with E-state index in [-0.39, 0.29) is 0 Å². The summed E-state index contributed by atoms with van der Waals surface area (Å²) in [6.45, 7) is 3.09. The molecule has 0 aliphatic rings. The lowest BCUT2D eigenvalue weighted by Crippen LogP contribution is -2.48. The fourth-order valence-electron chi connectivity index (χ4n) is 1.32. The number of nitrogens with two attached hydrogens (primary N) is 1. The van der Waals surface area contributed by atoms with Crippen molar-refractivity contribution in [2.45, 2.75) is 18.3 Å². The first-order valence-corrected chi connectivity index (χ1v) is 5.80. The fraction of sp³-hybridized carbons (Fsp3) is 0.250. The molecule has 0 unspecified atom stereocenters. The lowest BCUT2D eigenvalue weighted by molar-refractivity contribution is -0.270. The predicted molar refractivity (Wildman–Crippen MR) is 70.5 cm³/mol. The van der Waals surface area contributed by atoms with E-state index < -0.39 is 42.3 Å². The standard InChI is InChI=1S/C9H7BF6O2.C3H5NO/c11-7(12)9(15,16)8(13,14)5-3-1-2-4-6(5)10(17)18;1-2-3(4)5/h1-4,7,17-18H;2H,1H2,(H2,4,5). The van der Waals surface area contributed by atoms with Gasteiger partial charge in [0.1, 0.15) is 0 Å². The van der Waals surface area contributed by atoms with Crippen molar-refractivity contribution < 1.29 is 41.2 Å².